The average Bonchev–Trinajstić information content (AvgIpc) is 2.45. The van der Waals surface area contributed by atoms with Crippen molar-refractivity contribution in [1.82, 2.24) is 4.98 Å². The number of nitrogens with zero attached hydrogens (tertiary/aromatic N) is 3. The zero-order valence-electron chi connectivity index (χ0n) is 10.2. The fourth-order valence-corrected chi connectivity index (χ4v) is 1.94. The number of rotatable bonds is 2. The Morgan fingerprint density at radius 1 is 1.32 bits per heavy atom. The molecule has 0 fully saturated rings. The van der Waals surface area contributed by atoms with Crippen molar-refractivity contribution >= 4 is 27.5 Å². The largest absolute Gasteiger partial charge is 0.310 e. The molecular formula is C14H10BrN3O. The highest BCUT2D eigenvalue weighted by atomic mass is 79.9. The third kappa shape index (κ3) is 2.98. The maximum Gasteiger partial charge on any atom is 0.276 e. The van der Waals surface area contributed by atoms with Gasteiger partial charge < -0.3 is 4.90 Å². The summed E-state index contributed by atoms with van der Waals surface area (Å²) in [5, 5.41) is 8.86. The average molecular weight is 316 g/mol. The van der Waals surface area contributed by atoms with Crippen molar-refractivity contribution in [2.24, 2.45) is 0 Å². The Balaban J connectivity index is 2.31. The van der Waals surface area contributed by atoms with Crippen molar-refractivity contribution in [3.05, 3.63) is 58.3 Å². The van der Waals surface area contributed by atoms with Gasteiger partial charge in [0.1, 0.15) is 10.3 Å². The molecule has 2 rings (SSSR count). The lowest BCUT2D eigenvalue weighted by Crippen LogP contribution is -2.27. The molecule has 1 amide bonds. The van der Waals surface area contributed by atoms with Crippen molar-refractivity contribution in [2.45, 2.75) is 0 Å². The minimum atomic E-state index is -0.226. The van der Waals surface area contributed by atoms with E-state index in [0.717, 1.165) is 0 Å². The van der Waals surface area contributed by atoms with E-state index in [4.69, 9.17) is 5.26 Å². The van der Waals surface area contributed by atoms with Gasteiger partial charge in [0.15, 0.2) is 0 Å². The van der Waals surface area contributed by atoms with Crippen LogP contribution < -0.4 is 4.90 Å². The lowest BCUT2D eigenvalue weighted by atomic mass is 10.2. The lowest BCUT2D eigenvalue weighted by molar-refractivity contribution is 0.0988. The molecule has 1 aromatic carbocycles. The van der Waals surface area contributed by atoms with E-state index in [1.165, 1.54) is 4.90 Å². The van der Waals surface area contributed by atoms with Gasteiger partial charge in [-0.05, 0) is 46.3 Å². The Kier molecular flexibility index (Phi) is 3.93. The van der Waals surface area contributed by atoms with Gasteiger partial charge in [0.05, 0.1) is 11.6 Å². The molecular weight excluding hydrogens is 306 g/mol. The van der Waals surface area contributed by atoms with Gasteiger partial charge in [-0.1, -0.05) is 12.1 Å². The van der Waals surface area contributed by atoms with Crippen LogP contribution >= 0.6 is 15.9 Å². The highest BCUT2D eigenvalue weighted by Crippen LogP contribution is 2.17. The van der Waals surface area contributed by atoms with Gasteiger partial charge in [0.25, 0.3) is 5.91 Å². The van der Waals surface area contributed by atoms with Gasteiger partial charge in [-0.15, -0.1) is 0 Å². The molecule has 0 saturated heterocycles. The number of aromatic nitrogens is 1. The zero-order valence-corrected chi connectivity index (χ0v) is 11.8. The standard InChI is InChI=1S/C14H10BrN3O/c1-18(11-5-2-4-10(8-11)9-16)14(19)12-6-3-7-13(15)17-12/h2-8H,1H3. The number of carbonyl (C=O) groups excluding carboxylic acids is 1. The summed E-state index contributed by atoms with van der Waals surface area (Å²) in [4.78, 5) is 17.8. The first-order valence-electron chi connectivity index (χ1n) is 5.52. The normalized spacial score (nSPS) is 9.74. The topological polar surface area (TPSA) is 57.0 Å². The molecule has 0 saturated carbocycles. The number of halogens is 1. The summed E-state index contributed by atoms with van der Waals surface area (Å²) in [6.07, 6.45) is 0. The van der Waals surface area contributed by atoms with Crippen molar-refractivity contribution in [2.75, 3.05) is 11.9 Å². The summed E-state index contributed by atoms with van der Waals surface area (Å²) in [7, 11) is 1.65. The molecule has 19 heavy (non-hydrogen) atoms. The zero-order chi connectivity index (χ0) is 13.8. The van der Waals surface area contributed by atoms with Crippen LogP contribution in [0.3, 0.4) is 0 Å². The summed E-state index contributed by atoms with van der Waals surface area (Å²) in [6.45, 7) is 0. The third-order valence-corrected chi connectivity index (χ3v) is 3.04. The van der Waals surface area contributed by atoms with Crippen LogP contribution in [-0.2, 0) is 0 Å². The minimum absolute atomic E-state index is 0.226. The van der Waals surface area contributed by atoms with Gasteiger partial charge in [0.2, 0.25) is 0 Å². The molecule has 0 bridgehead atoms. The highest BCUT2D eigenvalue weighted by molar-refractivity contribution is 9.10. The second-order valence-corrected chi connectivity index (χ2v) is 4.68. The van der Waals surface area contributed by atoms with Crippen molar-refractivity contribution in [1.29, 1.82) is 5.26 Å². The smallest absolute Gasteiger partial charge is 0.276 e. The molecule has 0 atom stereocenters. The number of hydrogen-bond acceptors (Lipinski definition) is 3. The molecule has 0 aliphatic rings. The predicted octanol–water partition coefficient (Wildman–Crippen LogP) is 2.99. The fraction of sp³-hybridized carbons (Fsp3) is 0.0714. The van der Waals surface area contributed by atoms with Crippen LogP contribution in [0.25, 0.3) is 0 Å². The first-order chi connectivity index (χ1) is 9.11. The third-order valence-electron chi connectivity index (χ3n) is 2.60. The first kappa shape index (κ1) is 13.2. The number of amides is 1. The summed E-state index contributed by atoms with van der Waals surface area (Å²) in [6, 6.07) is 14.1. The van der Waals surface area contributed by atoms with E-state index in [2.05, 4.69) is 20.9 Å². The van der Waals surface area contributed by atoms with Crippen molar-refractivity contribution in [3.63, 3.8) is 0 Å². The quantitative estimate of drug-likeness (QED) is 0.800. The van der Waals surface area contributed by atoms with Crippen LogP contribution in [0.15, 0.2) is 47.1 Å². The van der Waals surface area contributed by atoms with Gasteiger partial charge in [-0.25, -0.2) is 4.98 Å². The van der Waals surface area contributed by atoms with E-state index in [1.54, 1.807) is 49.5 Å². The molecule has 0 aliphatic heterocycles. The monoisotopic (exact) mass is 315 g/mol. The molecule has 0 radical (unpaired) electrons. The maximum absolute atomic E-state index is 12.3. The number of nitriles is 1. The van der Waals surface area contributed by atoms with E-state index < -0.39 is 0 Å². The lowest BCUT2D eigenvalue weighted by Gasteiger charge is -2.17. The summed E-state index contributed by atoms with van der Waals surface area (Å²) in [5.74, 6) is -0.226. The summed E-state index contributed by atoms with van der Waals surface area (Å²) in [5.41, 5.74) is 1.52. The van der Waals surface area contributed by atoms with E-state index in [1.807, 2.05) is 6.07 Å². The van der Waals surface area contributed by atoms with Gasteiger partial charge >= 0.3 is 0 Å². The number of pyridine rings is 1. The molecule has 0 N–H and O–H groups in total. The number of hydrogen-bond donors (Lipinski definition) is 0. The Morgan fingerprint density at radius 3 is 2.74 bits per heavy atom. The van der Waals surface area contributed by atoms with Crippen LogP contribution in [0.4, 0.5) is 5.69 Å². The molecule has 5 heteroatoms. The Labute approximate surface area is 119 Å². The second kappa shape index (κ2) is 5.63. The van der Waals surface area contributed by atoms with E-state index >= 15 is 0 Å². The summed E-state index contributed by atoms with van der Waals surface area (Å²) >= 11 is 3.23. The molecule has 1 heterocycles. The molecule has 1 aromatic heterocycles. The van der Waals surface area contributed by atoms with Crippen molar-refractivity contribution in [3.8, 4) is 6.07 Å². The minimum Gasteiger partial charge on any atom is -0.310 e. The molecule has 2 aromatic rings. The fourth-order valence-electron chi connectivity index (χ4n) is 1.60. The summed E-state index contributed by atoms with van der Waals surface area (Å²) < 4.78 is 0.609. The second-order valence-electron chi connectivity index (χ2n) is 3.87. The molecule has 94 valence electrons. The van der Waals surface area contributed by atoms with E-state index in [-0.39, 0.29) is 5.91 Å². The van der Waals surface area contributed by atoms with E-state index in [0.29, 0.717) is 21.5 Å². The molecule has 0 spiro atoms. The first-order valence-corrected chi connectivity index (χ1v) is 6.32. The Morgan fingerprint density at radius 2 is 2.05 bits per heavy atom. The predicted molar refractivity (Wildman–Crippen MR) is 75.8 cm³/mol. The SMILES string of the molecule is CN(C(=O)c1cccc(Br)n1)c1cccc(C#N)c1. The van der Waals surface area contributed by atoms with Gasteiger partial charge in [0, 0.05) is 12.7 Å². The van der Waals surface area contributed by atoms with Crippen LogP contribution in [0, 0.1) is 11.3 Å². The Hall–Kier alpha value is -2.19. The van der Waals surface area contributed by atoms with Crippen LogP contribution in [-0.4, -0.2) is 17.9 Å². The van der Waals surface area contributed by atoms with Gasteiger partial charge in [-0.2, -0.15) is 5.26 Å². The molecule has 4 nitrogen and oxygen atoms in total. The molecule has 0 aliphatic carbocycles. The van der Waals surface area contributed by atoms with Gasteiger partial charge in [-0.3, -0.25) is 4.79 Å². The van der Waals surface area contributed by atoms with Crippen LogP contribution in [0.2, 0.25) is 0 Å². The Bertz CT molecular complexity index is 664. The van der Waals surface area contributed by atoms with Crippen molar-refractivity contribution < 1.29 is 4.79 Å². The van der Waals surface area contributed by atoms with Crippen LogP contribution in [0.1, 0.15) is 16.1 Å². The maximum atomic E-state index is 12.3. The van der Waals surface area contributed by atoms with E-state index in [9.17, 15) is 4.79 Å². The highest BCUT2D eigenvalue weighted by Gasteiger charge is 2.15. The number of benzene rings is 1. The van der Waals surface area contributed by atoms with Crippen LogP contribution in [0.5, 0.6) is 0 Å². The number of carbonyl (C=O) groups is 1. The number of anilines is 1. The molecule has 0 unspecified atom stereocenters.